The number of nitrogens with zero attached hydrogens (tertiary/aromatic N) is 2. The maximum absolute atomic E-state index is 13.1. The molecule has 1 saturated heterocycles. The third-order valence-electron chi connectivity index (χ3n) is 7.89. The van der Waals surface area contributed by atoms with Gasteiger partial charge in [0.1, 0.15) is 6.04 Å². The van der Waals surface area contributed by atoms with Crippen LogP contribution in [0.25, 0.3) is 0 Å². The number of hydrogen-bond donors (Lipinski definition) is 3. The summed E-state index contributed by atoms with van der Waals surface area (Å²) in [4.78, 5) is 53.6. The summed E-state index contributed by atoms with van der Waals surface area (Å²) < 4.78 is 5.96. The molecule has 4 amide bonds. The number of carbonyl (C=O) groups is 4. The number of rotatable bonds is 13. The van der Waals surface area contributed by atoms with Crippen molar-refractivity contribution in [1.82, 2.24) is 15.1 Å². The first-order chi connectivity index (χ1) is 20.9. The summed E-state index contributed by atoms with van der Waals surface area (Å²) in [5.74, 6) is -1.33. The van der Waals surface area contributed by atoms with E-state index in [0.717, 1.165) is 13.1 Å². The minimum Gasteiger partial charge on any atom is -0.379 e. The lowest BCUT2D eigenvalue weighted by atomic mass is 10.0. The Balaban J connectivity index is 1.15. The average Bonchev–Trinajstić information content (AvgIpc) is 3.35. The van der Waals surface area contributed by atoms with Crippen molar-refractivity contribution in [2.75, 3.05) is 25.1 Å². The Morgan fingerprint density at radius 2 is 1.65 bits per heavy atom. The van der Waals surface area contributed by atoms with E-state index in [9.17, 15) is 19.2 Å². The summed E-state index contributed by atoms with van der Waals surface area (Å²) in [6.07, 6.45) is 0.589. The Morgan fingerprint density at radius 3 is 2.28 bits per heavy atom. The first kappa shape index (κ1) is 30.1. The zero-order chi connectivity index (χ0) is 30.2. The van der Waals surface area contributed by atoms with E-state index in [0.29, 0.717) is 30.0 Å². The largest absolute Gasteiger partial charge is 0.379 e. The molecular weight excluding hydrogens is 546 g/mol. The fourth-order valence-corrected chi connectivity index (χ4v) is 5.57. The predicted molar refractivity (Wildman–Crippen MR) is 162 cm³/mol. The van der Waals surface area contributed by atoms with Crippen LogP contribution in [0.1, 0.15) is 46.3 Å². The summed E-state index contributed by atoms with van der Waals surface area (Å²) in [6, 6.07) is 24.8. The molecule has 2 heterocycles. The lowest BCUT2D eigenvalue weighted by molar-refractivity contribution is -0.137. The number of anilines is 1. The van der Waals surface area contributed by atoms with E-state index in [1.54, 1.807) is 18.2 Å². The number of ether oxygens (including phenoxy) is 1. The molecule has 1 fully saturated rings. The van der Waals surface area contributed by atoms with Gasteiger partial charge in [0.2, 0.25) is 17.7 Å². The Hall–Kier alpha value is -4.38. The molecule has 10 heteroatoms. The SMILES string of the molecule is NCC(COCCC(=O)Nc1cccc2c1CN(C1CCC(=O)NC1=O)C2=O)N(Cc1ccccc1)Cc1ccccc1. The predicted octanol–water partition coefficient (Wildman–Crippen LogP) is 2.82. The summed E-state index contributed by atoms with van der Waals surface area (Å²) in [5, 5.41) is 5.21. The fourth-order valence-electron chi connectivity index (χ4n) is 5.57. The van der Waals surface area contributed by atoms with Gasteiger partial charge in [0.05, 0.1) is 19.6 Å². The molecule has 0 spiro atoms. The first-order valence-electron chi connectivity index (χ1n) is 14.6. The molecule has 5 rings (SSSR count). The van der Waals surface area contributed by atoms with Crippen LogP contribution in [-0.2, 0) is 38.8 Å². The monoisotopic (exact) mass is 583 g/mol. The van der Waals surface area contributed by atoms with Gasteiger partial charge >= 0.3 is 0 Å². The van der Waals surface area contributed by atoms with Crippen molar-refractivity contribution in [3.8, 4) is 0 Å². The van der Waals surface area contributed by atoms with Gasteiger partial charge in [-0.1, -0.05) is 66.7 Å². The van der Waals surface area contributed by atoms with E-state index < -0.39 is 11.9 Å². The molecular formula is C33H37N5O5. The van der Waals surface area contributed by atoms with Gasteiger partial charge in [-0.25, -0.2) is 0 Å². The standard InChI is InChI=1S/C33H37N5O5/c34-18-25(37(19-23-8-3-1-4-9-23)20-24-10-5-2-6-11-24)22-43-17-16-31(40)35-28-13-7-12-26-27(28)21-38(33(26)42)29-14-15-30(39)36-32(29)41/h1-13,25,29H,14-22,34H2,(H,35,40)(H,36,39,41). The van der Waals surface area contributed by atoms with Crippen LogP contribution in [0, 0.1) is 0 Å². The quantitative estimate of drug-likeness (QED) is 0.208. The van der Waals surface area contributed by atoms with Gasteiger partial charge in [-0.15, -0.1) is 0 Å². The Bertz CT molecular complexity index is 1410. The maximum Gasteiger partial charge on any atom is 0.255 e. The third-order valence-corrected chi connectivity index (χ3v) is 7.89. The number of amides is 4. The summed E-state index contributed by atoms with van der Waals surface area (Å²) in [5.41, 5.74) is 10.2. The molecule has 2 atom stereocenters. The highest BCUT2D eigenvalue weighted by molar-refractivity contribution is 6.06. The summed E-state index contributed by atoms with van der Waals surface area (Å²) in [7, 11) is 0. The number of hydrogen-bond acceptors (Lipinski definition) is 7. The molecule has 3 aromatic rings. The number of carbonyl (C=O) groups excluding carboxylic acids is 4. The topological polar surface area (TPSA) is 134 Å². The molecule has 43 heavy (non-hydrogen) atoms. The number of piperidine rings is 1. The van der Waals surface area contributed by atoms with Crippen LogP contribution in [0.4, 0.5) is 5.69 Å². The van der Waals surface area contributed by atoms with Gasteiger partial charge in [-0.2, -0.15) is 0 Å². The molecule has 2 unspecified atom stereocenters. The molecule has 0 bridgehead atoms. The highest BCUT2D eigenvalue weighted by atomic mass is 16.5. The zero-order valence-corrected chi connectivity index (χ0v) is 24.0. The minimum atomic E-state index is -0.714. The molecule has 4 N–H and O–H groups in total. The molecule has 0 aliphatic carbocycles. The van der Waals surface area contributed by atoms with Crippen LogP contribution < -0.4 is 16.4 Å². The number of nitrogens with one attached hydrogen (secondary N) is 2. The van der Waals surface area contributed by atoms with E-state index in [1.807, 2.05) is 36.4 Å². The van der Waals surface area contributed by atoms with Crippen molar-refractivity contribution in [3.05, 3.63) is 101 Å². The van der Waals surface area contributed by atoms with Crippen molar-refractivity contribution >= 4 is 29.3 Å². The number of imide groups is 1. The smallest absolute Gasteiger partial charge is 0.255 e. The molecule has 10 nitrogen and oxygen atoms in total. The lowest BCUT2D eigenvalue weighted by Gasteiger charge is -2.31. The van der Waals surface area contributed by atoms with E-state index in [4.69, 9.17) is 10.5 Å². The maximum atomic E-state index is 13.1. The summed E-state index contributed by atoms with van der Waals surface area (Å²) >= 11 is 0. The molecule has 2 aliphatic heterocycles. The van der Waals surface area contributed by atoms with Crippen LogP contribution in [0.5, 0.6) is 0 Å². The van der Waals surface area contributed by atoms with Crippen LogP contribution >= 0.6 is 0 Å². The highest BCUT2D eigenvalue weighted by Gasteiger charge is 2.40. The minimum absolute atomic E-state index is 0.0508. The van der Waals surface area contributed by atoms with Gasteiger partial charge in [-0.3, -0.25) is 29.4 Å². The summed E-state index contributed by atoms with van der Waals surface area (Å²) in [6.45, 7) is 2.61. The van der Waals surface area contributed by atoms with Gasteiger partial charge in [0, 0.05) is 55.5 Å². The number of fused-ring (bicyclic) bond motifs is 1. The van der Waals surface area contributed by atoms with E-state index >= 15 is 0 Å². The Morgan fingerprint density at radius 1 is 0.977 bits per heavy atom. The normalized spacial score (nSPS) is 17.1. The van der Waals surface area contributed by atoms with E-state index in [-0.39, 0.29) is 56.2 Å². The molecule has 0 aromatic heterocycles. The Kier molecular flexibility index (Phi) is 9.93. The van der Waals surface area contributed by atoms with Gasteiger partial charge < -0.3 is 20.7 Å². The number of benzene rings is 3. The van der Waals surface area contributed by atoms with E-state index in [2.05, 4.69) is 39.8 Å². The van der Waals surface area contributed by atoms with Gasteiger partial charge in [0.25, 0.3) is 5.91 Å². The van der Waals surface area contributed by atoms with Gasteiger partial charge in [0.15, 0.2) is 0 Å². The van der Waals surface area contributed by atoms with Crippen molar-refractivity contribution in [3.63, 3.8) is 0 Å². The molecule has 3 aromatic carbocycles. The second kappa shape index (κ2) is 14.2. The second-order valence-electron chi connectivity index (χ2n) is 10.9. The van der Waals surface area contributed by atoms with Crippen molar-refractivity contribution in [2.24, 2.45) is 5.73 Å². The van der Waals surface area contributed by atoms with E-state index in [1.165, 1.54) is 16.0 Å². The third kappa shape index (κ3) is 7.53. The second-order valence-corrected chi connectivity index (χ2v) is 10.9. The van der Waals surface area contributed by atoms with Crippen molar-refractivity contribution in [1.29, 1.82) is 0 Å². The Labute approximate surface area is 251 Å². The van der Waals surface area contributed by atoms with Crippen molar-refractivity contribution < 1.29 is 23.9 Å². The lowest BCUT2D eigenvalue weighted by Crippen LogP contribution is -2.52. The first-order valence-corrected chi connectivity index (χ1v) is 14.6. The molecule has 224 valence electrons. The van der Waals surface area contributed by atoms with Crippen LogP contribution in [0.2, 0.25) is 0 Å². The van der Waals surface area contributed by atoms with Crippen molar-refractivity contribution in [2.45, 2.75) is 51.0 Å². The average molecular weight is 584 g/mol. The fraction of sp³-hybridized carbons (Fsp3) is 0.333. The molecule has 2 aliphatic rings. The van der Waals surface area contributed by atoms with Crippen LogP contribution in [-0.4, -0.2) is 65.3 Å². The van der Waals surface area contributed by atoms with Crippen LogP contribution in [0.15, 0.2) is 78.9 Å². The van der Waals surface area contributed by atoms with Crippen LogP contribution in [0.3, 0.4) is 0 Å². The molecule has 0 radical (unpaired) electrons. The van der Waals surface area contributed by atoms with Gasteiger partial charge in [-0.05, 0) is 29.7 Å². The molecule has 0 saturated carbocycles. The zero-order valence-electron chi connectivity index (χ0n) is 24.0. The number of nitrogens with two attached hydrogens (primary N) is 1. The highest BCUT2D eigenvalue weighted by Crippen LogP contribution is 2.32.